The first-order valence-corrected chi connectivity index (χ1v) is 33.4. The highest BCUT2D eigenvalue weighted by atomic mass is 19.3. The molecule has 0 saturated heterocycles. The molecule has 8 heterocycles. The molecule has 4 aromatic heterocycles. The van der Waals surface area contributed by atoms with Gasteiger partial charge in [-0.25, -0.2) is 39.9 Å². The molecule has 0 bridgehead atoms. The highest BCUT2D eigenvalue weighted by Crippen LogP contribution is 2.38. The molecule has 0 radical (unpaired) electrons. The Labute approximate surface area is 747 Å². The summed E-state index contributed by atoms with van der Waals surface area (Å²) in [5.41, 5.74) is -7.43. The molecule has 12 aromatic rings. The van der Waals surface area contributed by atoms with Crippen molar-refractivity contribution in [3.63, 3.8) is 0 Å². The molecule has 8 aromatic carbocycles. The lowest BCUT2D eigenvalue weighted by Crippen LogP contribution is -2.32. The molecule has 4 amide bonds. The minimum absolute atomic E-state index is 0.0414. The predicted molar refractivity (Wildman–Crippen MR) is 422 cm³/mol. The Morgan fingerprint density at radius 3 is 0.942 bits per heavy atom. The summed E-state index contributed by atoms with van der Waals surface area (Å²) in [5, 5.41) is 0. The molecule has 0 fully saturated rings. The van der Waals surface area contributed by atoms with Crippen molar-refractivity contribution in [2.45, 2.75) is 78.3 Å². The van der Waals surface area contributed by atoms with E-state index in [2.05, 4.69) is 58.8 Å². The molecule has 0 unspecified atom stereocenters. The molecule has 4 aliphatic rings. The fourth-order valence-electron chi connectivity index (χ4n) is 9.70. The summed E-state index contributed by atoms with van der Waals surface area (Å²) >= 11 is 0. The first-order chi connectivity index (χ1) is 76.0. The van der Waals surface area contributed by atoms with Gasteiger partial charge in [0.15, 0.2) is 0 Å². The van der Waals surface area contributed by atoms with Crippen LogP contribution in [0.3, 0.4) is 0 Å². The molecule has 32 heteroatoms. The van der Waals surface area contributed by atoms with Crippen molar-refractivity contribution in [1.82, 2.24) is 59.5 Å². The highest BCUT2D eigenvalue weighted by Gasteiger charge is 2.32. The summed E-state index contributed by atoms with van der Waals surface area (Å²) < 4.78 is 522. The zero-order chi connectivity index (χ0) is 125. The van der Waals surface area contributed by atoms with E-state index in [1.54, 1.807) is 0 Å². The number of alkyl halides is 8. The van der Waals surface area contributed by atoms with Gasteiger partial charge in [0.1, 0.15) is 95.5 Å². The highest BCUT2D eigenvalue weighted by molar-refractivity contribution is 6.01. The second-order valence-electron chi connectivity index (χ2n) is 23.8. The Balaban J connectivity index is 0.000000182. The van der Waals surface area contributed by atoms with Crippen LogP contribution in [0.5, 0.6) is 46.0 Å². The lowest BCUT2D eigenvalue weighted by molar-refractivity contribution is -0.159. The normalized spacial score (nSPS) is 22.8. The van der Waals surface area contributed by atoms with Gasteiger partial charge in [-0.2, -0.15) is 35.1 Å². The minimum Gasteiger partial charge on any atom is -0.491 e. The second-order valence-corrected chi connectivity index (χ2v) is 23.8. The number of rotatable bonds is 20. The number of halogens is 8. The van der Waals surface area contributed by atoms with Gasteiger partial charge < -0.3 is 57.5 Å². The molecular weight excluding hydrogens is 1570 g/mol. The van der Waals surface area contributed by atoms with E-state index >= 15 is 0 Å². The quantitative estimate of drug-likeness (QED) is 0.0642. The van der Waals surface area contributed by atoms with Crippen LogP contribution in [0.1, 0.15) is 155 Å². The van der Waals surface area contributed by atoms with Crippen molar-refractivity contribution in [2.75, 3.05) is 52.2 Å². The van der Waals surface area contributed by atoms with E-state index in [1.165, 1.54) is 30.6 Å². The van der Waals surface area contributed by atoms with Gasteiger partial charge >= 0.3 is 24.4 Å². The molecule has 0 N–H and O–H groups in total. The summed E-state index contributed by atoms with van der Waals surface area (Å²) in [4.78, 5) is 85.8. The maximum Gasteiger partial charge on any atom is 0.394 e. The lowest BCUT2D eigenvalue weighted by Gasteiger charge is -2.19. The van der Waals surface area contributed by atoms with Crippen molar-refractivity contribution in [2.24, 2.45) is 0 Å². The Morgan fingerprint density at radius 1 is 0.333 bits per heavy atom. The maximum absolute atomic E-state index is 13.9. The third-order valence-corrected chi connectivity index (χ3v) is 14.7. The first-order valence-electron chi connectivity index (χ1n) is 56.4. The number of hydrogen-bond acceptors (Lipinski definition) is 20. The summed E-state index contributed by atoms with van der Waals surface area (Å²) in [6.07, 6.45) is -16.8. The van der Waals surface area contributed by atoms with Gasteiger partial charge in [-0.15, -0.1) is 0 Å². The Bertz CT molecular complexity index is 8140. The maximum atomic E-state index is 13.9. The van der Waals surface area contributed by atoms with Crippen LogP contribution < -0.4 is 37.9 Å². The molecule has 0 aliphatic carbocycles. The molecule has 0 saturated carbocycles. The van der Waals surface area contributed by atoms with Gasteiger partial charge in [0.05, 0.1) is 137 Å². The number of ether oxygens (including phenoxy) is 8. The monoisotopic (exact) mass is 1690 g/mol. The van der Waals surface area contributed by atoms with Crippen LogP contribution in [-0.4, -0.2) is 160 Å². The first kappa shape index (κ1) is 43.3. The Morgan fingerprint density at radius 2 is 0.608 bits per heavy atom. The number of carbonyl (C=O) groups excluding carboxylic acids is 4. The van der Waals surface area contributed by atoms with E-state index < -0.39 is 416 Å². The summed E-state index contributed by atoms with van der Waals surface area (Å²) in [6.45, 7) is -28.6. The average molecular weight is 1690 g/mol. The number of amides is 4. The van der Waals surface area contributed by atoms with E-state index in [4.69, 9.17) is 82.0 Å². The van der Waals surface area contributed by atoms with E-state index in [9.17, 15) is 54.3 Å². The van der Waals surface area contributed by atoms with Crippen LogP contribution in [-0.2, 0) is 26.2 Å². The van der Waals surface area contributed by atoms with Crippen molar-refractivity contribution in [3.8, 4) is 90.5 Å². The lowest BCUT2D eigenvalue weighted by atomic mass is 10.0. The predicted octanol–water partition coefficient (Wildman–Crippen LogP) is 16.7. The van der Waals surface area contributed by atoms with Crippen LogP contribution in [0, 0.1) is 0 Å². The number of aromatic nitrogens is 8. The average Bonchev–Trinajstić information content (AvgIpc) is 1.55. The number of carbonyl (C=O) groups is 4. The van der Waals surface area contributed by atoms with Crippen molar-refractivity contribution in [3.05, 3.63) is 289 Å². The number of hydrogen-bond donors (Lipinski definition) is 0. The van der Waals surface area contributed by atoms with E-state index in [0.717, 1.165) is 30.3 Å². The number of fused-ring (bicyclic) bond motifs is 4. The Hall–Kier alpha value is -14.2. The zero-order valence-corrected chi connectivity index (χ0v) is 60.9. The molecule has 616 valence electrons. The smallest absolute Gasteiger partial charge is 0.394 e. The van der Waals surface area contributed by atoms with Gasteiger partial charge in [-0.3, -0.25) is 19.2 Å². The third kappa shape index (κ3) is 23.1. The largest absolute Gasteiger partial charge is 0.491 e. The van der Waals surface area contributed by atoms with E-state index in [1.807, 2.05) is 0 Å². The second kappa shape index (κ2) is 37.4. The summed E-state index contributed by atoms with van der Waals surface area (Å²) in [5.74, 6) is -14.0. The van der Waals surface area contributed by atoms with Gasteiger partial charge in [-0.05, 0) is 165 Å². The van der Waals surface area contributed by atoms with Crippen LogP contribution >= 0.6 is 0 Å². The zero-order valence-electron chi connectivity index (χ0n) is 107. The number of nitrogens with zero attached hydrogens (tertiary/aromatic N) is 12. The fourth-order valence-corrected chi connectivity index (χ4v) is 9.70. The van der Waals surface area contributed by atoms with Crippen LogP contribution in [0.15, 0.2) is 243 Å². The van der Waals surface area contributed by atoms with Crippen LogP contribution in [0.2, 0.25) is 0 Å². The fraction of sp³-hybridized carbons (Fsp3) is 0.227. The van der Waals surface area contributed by atoms with Crippen molar-refractivity contribution >= 4 is 23.6 Å². The van der Waals surface area contributed by atoms with E-state index in [0.29, 0.717) is 30.6 Å². The molecular formula is C88H76F8N12O12. The third-order valence-electron chi connectivity index (χ3n) is 14.7. The molecule has 4 aliphatic heterocycles. The Kier molecular flexibility index (Phi) is 13.5. The molecule has 120 heavy (non-hydrogen) atoms. The van der Waals surface area contributed by atoms with Gasteiger partial charge in [0, 0.05) is 77.1 Å². The van der Waals surface area contributed by atoms with Crippen LogP contribution in [0.4, 0.5) is 35.1 Å². The minimum atomic E-state index is -3.93. The standard InChI is InChI=1S/4C22H19F2N3O3/c4*1-22(23,24)30-17-6-3-15(4-7-17)16-5-8-19-18(13-16)21(28)27(11-12-29-19)14-20-25-9-2-10-26-20/h4*2-10,13H,11-12,14H2,1H3/i2D,3D,4D,5D,6D,7D,8D,9D,10D,11D2,12D2,13D;3D,4D,5D,6D,7D,8D,11D2,12D2,13D;2D,3D,4D,6D,7D,9D,10D,11D2,12D2;2D,5D,8D,9D,10D,11D2,12D2,13D. The molecule has 0 atom stereocenters. The molecule has 0 spiro atoms. The van der Waals surface area contributed by atoms with Crippen LogP contribution in [0.25, 0.3) is 44.5 Å². The van der Waals surface area contributed by atoms with Gasteiger partial charge in [-0.1, -0.05) is 72.6 Å². The molecule has 16 rings (SSSR count). The topological polar surface area (TPSA) is 258 Å². The molecule has 24 nitrogen and oxygen atoms in total. The van der Waals surface area contributed by atoms with Crippen molar-refractivity contribution in [1.29, 1.82) is 0 Å². The van der Waals surface area contributed by atoms with Gasteiger partial charge in [0.2, 0.25) is 0 Å². The SMILES string of the molecule is [2H]c1c([2H])c(-c2c([2H])c([2H])c3c(c2[2H])C(=O)N(Cc2ncccn2)C([2H])([2H])C([2H])([2H])O3)c([2H])c([2H])c1OC(C)(F)F.[2H]c1nc(CN2C(=O)c3c([2H])c(-c4c([2H])c([2H])c(OC(C)(F)F)c([2H])c4[2H])c([2H])c([2H])c3OC([2H])([2H])C2([2H])[2H])nc([2H])c1[2H].[2H]c1nc(CN2C(=O)c3c([2H])c(-c4ccc(OC(C)(F)F)cc4)c([2H])c([2H])c3OC([2H])([2H])C2([2H])[2H])nc([2H])c1[2H].[2H]c1nc(CN2C(=O)c3cc(-c4c([2H])c([2H])c(OC(C)(F)F)c([2H])c4[2H])ccc3OC([2H])([2H])C2([2H])[2H])nc([2H])c1[2H]. The summed E-state index contributed by atoms with van der Waals surface area (Å²) in [7, 11) is 0. The van der Waals surface area contributed by atoms with E-state index in [-0.39, 0.29) is 45.0 Å². The van der Waals surface area contributed by atoms with Gasteiger partial charge in [0.25, 0.3) is 23.6 Å². The summed E-state index contributed by atoms with van der Waals surface area (Å²) in [6, 6.07) is -13.4. The number of benzene rings is 8. The van der Waals surface area contributed by atoms with Crippen molar-refractivity contribution < 1.29 is 155 Å².